The zero-order valence-corrected chi connectivity index (χ0v) is 22.4. The summed E-state index contributed by atoms with van der Waals surface area (Å²) in [6, 6.07) is 9.11. The highest BCUT2D eigenvalue weighted by Crippen LogP contribution is 2.54. The summed E-state index contributed by atoms with van der Waals surface area (Å²) >= 11 is 0. The molecule has 0 spiro atoms. The highest BCUT2D eigenvalue weighted by molar-refractivity contribution is 5.72. The van der Waals surface area contributed by atoms with Gasteiger partial charge in [0.25, 0.3) is 5.60 Å². The summed E-state index contributed by atoms with van der Waals surface area (Å²) in [5.41, 5.74) is -0.270. The lowest BCUT2D eigenvalue weighted by atomic mass is 9.90. The molecule has 0 aliphatic carbocycles. The minimum Gasteiger partial charge on any atom is -0.444 e. The van der Waals surface area contributed by atoms with Crippen molar-refractivity contribution in [2.24, 2.45) is 0 Å². The van der Waals surface area contributed by atoms with Crippen LogP contribution in [0.1, 0.15) is 45.7 Å². The van der Waals surface area contributed by atoms with Gasteiger partial charge in [0.15, 0.2) is 0 Å². The molecule has 39 heavy (non-hydrogen) atoms. The van der Waals surface area contributed by atoms with E-state index < -0.39 is 41.8 Å². The Labute approximate surface area is 223 Å². The smallest absolute Gasteiger partial charge is 0.430 e. The first-order valence-electron chi connectivity index (χ1n) is 12.3. The number of ether oxygens (including phenoxy) is 2. The standard InChI is InChI=1S/C27H33F6N3O3/c1-17-15-36(23(37)39-24(3,4)5)18(2)14-35(17)22-12-11-20(13-21(22)34)25(26(28,29)30,27(31,32)33)38-16-19-9-7-6-8-10-19/h6-13,17-18H,14-16,34H2,1-5H3/t17-,18+/m1/s1. The molecule has 2 atom stereocenters. The molecule has 1 saturated heterocycles. The van der Waals surface area contributed by atoms with Crippen LogP contribution in [0.15, 0.2) is 48.5 Å². The summed E-state index contributed by atoms with van der Waals surface area (Å²) in [5.74, 6) is 0. The van der Waals surface area contributed by atoms with E-state index in [1.807, 2.05) is 0 Å². The van der Waals surface area contributed by atoms with Gasteiger partial charge in [-0.3, -0.25) is 0 Å². The minimum atomic E-state index is -5.84. The number of amides is 1. The second-order valence-corrected chi connectivity index (χ2v) is 10.7. The average Bonchev–Trinajstić information content (AvgIpc) is 2.78. The number of nitrogen functional groups attached to an aromatic ring is 1. The predicted octanol–water partition coefficient (Wildman–Crippen LogP) is 6.64. The van der Waals surface area contributed by atoms with Crippen LogP contribution in [0.5, 0.6) is 0 Å². The number of piperazine rings is 1. The predicted molar refractivity (Wildman–Crippen MR) is 135 cm³/mol. The molecule has 1 fully saturated rings. The van der Waals surface area contributed by atoms with Crippen LogP contribution in [-0.4, -0.2) is 54.1 Å². The molecule has 6 nitrogen and oxygen atoms in total. The zero-order chi connectivity index (χ0) is 29.4. The van der Waals surface area contributed by atoms with E-state index in [-0.39, 0.29) is 42.1 Å². The number of hydrogen-bond donors (Lipinski definition) is 1. The van der Waals surface area contributed by atoms with Crippen molar-refractivity contribution in [1.82, 2.24) is 4.90 Å². The number of anilines is 2. The van der Waals surface area contributed by atoms with Crippen molar-refractivity contribution < 1.29 is 40.6 Å². The third kappa shape index (κ3) is 6.37. The van der Waals surface area contributed by atoms with E-state index in [9.17, 15) is 31.1 Å². The number of carbonyl (C=O) groups is 1. The maximum atomic E-state index is 14.3. The van der Waals surface area contributed by atoms with E-state index in [2.05, 4.69) is 0 Å². The topological polar surface area (TPSA) is 68.0 Å². The minimum absolute atomic E-state index is 0.144. The number of carbonyl (C=O) groups excluding carboxylic acids is 1. The highest BCUT2D eigenvalue weighted by Gasteiger charge is 2.73. The number of nitrogens with zero attached hydrogens (tertiary/aromatic N) is 2. The SMILES string of the molecule is C[C@@H]1CN(C(=O)OC(C)(C)C)[C@@H](C)CN1c1ccc(C(OCc2ccccc2)(C(F)(F)F)C(F)(F)F)cc1N. The third-order valence-corrected chi connectivity index (χ3v) is 6.45. The Morgan fingerprint density at radius 2 is 1.51 bits per heavy atom. The normalized spacial score (nSPS) is 19.3. The van der Waals surface area contributed by atoms with Gasteiger partial charge in [0.05, 0.1) is 18.0 Å². The van der Waals surface area contributed by atoms with Crippen LogP contribution in [-0.2, 0) is 21.7 Å². The van der Waals surface area contributed by atoms with Gasteiger partial charge < -0.3 is 25.0 Å². The number of alkyl halides is 6. The summed E-state index contributed by atoms with van der Waals surface area (Å²) in [5, 5.41) is 0. The Balaban J connectivity index is 1.95. The number of nitrogens with two attached hydrogens (primary N) is 1. The molecule has 0 radical (unpaired) electrons. The van der Waals surface area contributed by atoms with E-state index in [4.69, 9.17) is 15.2 Å². The molecular weight excluding hydrogens is 528 g/mol. The lowest BCUT2D eigenvalue weighted by Crippen LogP contribution is -2.59. The Morgan fingerprint density at radius 3 is 2.03 bits per heavy atom. The summed E-state index contributed by atoms with van der Waals surface area (Å²) in [6.07, 6.45) is -12.2. The molecule has 12 heteroatoms. The van der Waals surface area contributed by atoms with Gasteiger partial charge in [-0.05, 0) is 52.3 Å². The Morgan fingerprint density at radius 1 is 0.923 bits per heavy atom. The second-order valence-electron chi connectivity index (χ2n) is 10.7. The Bertz CT molecular complexity index is 1130. The van der Waals surface area contributed by atoms with Crippen molar-refractivity contribution in [3.05, 3.63) is 59.7 Å². The second kappa shape index (κ2) is 10.8. The van der Waals surface area contributed by atoms with Crippen molar-refractivity contribution >= 4 is 17.5 Å². The van der Waals surface area contributed by atoms with Crippen LogP contribution in [0.2, 0.25) is 0 Å². The Kier molecular flexibility index (Phi) is 8.40. The molecule has 0 unspecified atom stereocenters. The molecule has 0 aromatic heterocycles. The van der Waals surface area contributed by atoms with Crippen LogP contribution < -0.4 is 10.6 Å². The lowest BCUT2D eigenvalue weighted by molar-refractivity contribution is -0.392. The van der Waals surface area contributed by atoms with Gasteiger partial charge in [0.2, 0.25) is 0 Å². The molecule has 3 rings (SSSR count). The van der Waals surface area contributed by atoms with Gasteiger partial charge in [-0.2, -0.15) is 26.3 Å². The fourth-order valence-electron chi connectivity index (χ4n) is 4.57. The van der Waals surface area contributed by atoms with E-state index in [0.29, 0.717) is 6.07 Å². The fourth-order valence-corrected chi connectivity index (χ4v) is 4.57. The largest absolute Gasteiger partial charge is 0.444 e. The molecular formula is C27H33F6N3O3. The number of benzene rings is 2. The van der Waals surface area contributed by atoms with Crippen molar-refractivity contribution in [1.29, 1.82) is 0 Å². The van der Waals surface area contributed by atoms with Crippen molar-refractivity contribution in [3.8, 4) is 0 Å². The number of halogens is 6. The van der Waals surface area contributed by atoms with Gasteiger partial charge in [0, 0.05) is 30.7 Å². The number of rotatable bonds is 5. The first-order chi connectivity index (χ1) is 17.9. The van der Waals surface area contributed by atoms with Gasteiger partial charge in [-0.15, -0.1) is 0 Å². The van der Waals surface area contributed by atoms with Gasteiger partial charge in [0.1, 0.15) is 5.60 Å². The maximum absolute atomic E-state index is 14.3. The van der Waals surface area contributed by atoms with E-state index in [0.717, 1.165) is 12.1 Å². The van der Waals surface area contributed by atoms with Crippen molar-refractivity contribution in [3.63, 3.8) is 0 Å². The van der Waals surface area contributed by atoms with E-state index >= 15 is 0 Å². The molecule has 2 aromatic rings. The van der Waals surface area contributed by atoms with Gasteiger partial charge in [-0.25, -0.2) is 4.79 Å². The van der Waals surface area contributed by atoms with Crippen molar-refractivity contribution in [2.45, 2.75) is 76.9 Å². The molecule has 0 bridgehead atoms. The molecule has 1 heterocycles. The summed E-state index contributed by atoms with van der Waals surface area (Å²) in [6.45, 7) is 8.28. The zero-order valence-electron chi connectivity index (χ0n) is 22.4. The van der Waals surface area contributed by atoms with Crippen LogP contribution in [0.4, 0.5) is 42.5 Å². The third-order valence-electron chi connectivity index (χ3n) is 6.45. The highest BCUT2D eigenvalue weighted by atomic mass is 19.4. The van der Waals surface area contributed by atoms with Crippen LogP contribution in [0.25, 0.3) is 0 Å². The fraction of sp³-hybridized carbons (Fsp3) is 0.519. The van der Waals surface area contributed by atoms with Crippen LogP contribution >= 0.6 is 0 Å². The number of hydrogen-bond acceptors (Lipinski definition) is 5. The maximum Gasteiger partial charge on any atom is 0.430 e. The van der Waals surface area contributed by atoms with E-state index in [1.54, 1.807) is 45.6 Å². The van der Waals surface area contributed by atoms with Crippen LogP contribution in [0.3, 0.4) is 0 Å². The average molecular weight is 562 g/mol. The van der Waals surface area contributed by atoms with Gasteiger partial charge in [-0.1, -0.05) is 36.4 Å². The summed E-state index contributed by atoms with van der Waals surface area (Å²) in [4.78, 5) is 15.9. The van der Waals surface area contributed by atoms with E-state index in [1.165, 1.54) is 29.2 Å². The summed E-state index contributed by atoms with van der Waals surface area (Å²) < 4.78 is 95.7. The summed E-state index contributed by atoms with van der Waals surface area (Å²) in [7, 11) is 0. The lowest BCUT2D eigenvalue weighted by Gasteiger charge is -2.45. The first kappa shape index (κ1) is 30.4. The monoisotopic (exact) mass is 561 g/mol. The molecule has 1 aliphatic rings. The molecule has 2 N–H and O–H groups in total. The molecule has 2 aromatic carbocycles. The van der Waals surface area contributed by atoms with Gasteiger partial charge >= 0.3 is 18.4 Å². The molecule has 1 amide bonds. The quantitative estimate of drug-likeness (QED) is 0.328. The van der Waals surface area contributed by atoms with Crippen LogP contribution in [0, 0.1) is 0 Å². The first-order valence-corrected chi connectivity index (χ1v) is 12.3. The Hall–Kier alpha value is -3.15. The molecule has 0 saturated carbocycles. The molecule has 1 aliphatic heterocycles. The molecule has 216 valence electrons. The van der Waals surface area contributed by atoms with Crippen molar-refractivity contribution in [2.75, 3.05) is 23.7 Å².